The van der Waals surface area contributed by atoms with E-state index in [9.17, 15) is 14.4 Å². The third-order valence-corrected chi connectivity index (χ3v) is 3.68. The highest BCUT2D eigenvalue weighted by atomic mass is 35.5. The molecule has 1 heterocycles. The minimum atomic E-state index is -0.448. The summed E-state index contributed by atoms with van der Waals surface area (Å²) in [6.45, 7) is -0.309. The lowest BCUT2D eigenvalue weighted by Crippen LogP contribution is -2.35. The molecule has 0 fully saturated rings. The summed E-state index contributed by atoms with van der Waals surface area (Å²) >= 11 is 5.96. The lowest BCUT2D eigenvalue weighted by molar-refractivity contribution is 0.0624. The summed E-state index contributed by atoms with van der Waals surface area (Å²) in [5.74, 6) is -1.26. The van der Waals surface area contributed by atoms with Gasteiger partial charge in [-0.05, 0) is 24.3 Å². The Morgan fingerprint density at radius 1 is 0.905 bits per heavy atom. The van der Waals surface area contributed by atoms with Crippen molar-refractivity contribution < 1.29 is 14.4 Å². The van der Waals surface area contributed by atoms with Crippen LogP contribution in [0.3, 0.4) is 0 Å². The monoisotopic (exact) mass is 299 g/mol. The summed E-state index contributed by atoms with van der Waals surface area (Å²) in [4.78, 5) is 37.5. The van der Waals surface area contributed by atoms with Crippen LogP contribution in [0.5, 0.6) is 0 Å². The molecule has 0 unspecified atom stereocenters. The molecule has 104 valence electrons. The van der Waals surface area contributed by atoms with Gasteiger partial charge in [-0.25, -0.2) is 0 Å². The van der Waals surface area contributed by atoms with Crippen molar-refractivity contribution in [3.63, 3.8) is 0 Å². The van der Waals surface area contributed by atoms with E-state index in [0.29, 0.717) is 21.7 Å². The second kappa shape index (κ2) is 5.14. The Bertz CT molecular complexity index is 735. The third-order valence-electron chi connectivity index (χ3n) is 3.35. The fourth-order valence-corrected chi connectivity index (χ4v) is 2.54. The molecule has 2 aromatic carbocycles. The molecule has 1 aliphatic rings. The number of imide groups is 1. The van der Waals surface area contributed by atoms with Gasteiger partial charge in [-0.1, -0.05) is 35.9 Å². The van der Waals surface area contributed by atoms with Gasteiger partial charge < -0.3 is 0 Å². The molecular formula is C16H10ClNO3. The minimum Gasteiger partial charge on any atom is -0.292 e. The smallest absolute Gasteiger partial charge is 0.261 e. The van der Waals surface area contributed by atoms with Crippen LogP contribution in [0.1, 0.15) is 31.1 Å². The second-order valence-corrected chi connectivity index (χ2v) is 5.05. The van der Waals surface area contributed by atoms with E-state index >= 15 is 0 Å². The molecule has 0 aliphatic carbocycles. The number of amides is 2. The van der Waals surface area contributed by atoms with Crippen molar-refractivity contribution in [1.29, 1.82) is 0 Å². The molecule has 21 heavy (non-hydrogen) atoms. The van der Waals surface area contributed by atoms with Crippen molar-refractivity contribution >= 4 is 29.2 Å². The molecule has 0 bridgehead atoms. The van der Waals surface area contributed by atoms with Crippen LogP contribution in [0.15, 0.2) is 48.5 Å². The maximum absolute atomic E-state index is 12.2. The van der Waals surface area contributed by atoms with Crippen molar-refractivity contribution in [2.45, 2.75) is 0 Å². The lowest BCUT2D eigenvalue weighted by Gasteiger charge is -2.13. The van der Waals surface area contributed by atoms with Crippen LogP contribution < -0.4 is 0 Å². The summed E-state index contributed by atoms with van der Waals surface area (Å²) in [7, 11) is 0. The molecular weight excluding hydrogens is 290 g/mol. The quantitative estimate of drug-likeness (QED) is 0.647. The highest BCUT2D eigenvalue weighted by Crippen LogP contribution is 2.23. The van der Waals surface area contributed by atoms with E-state index in [-0.39, 0.29) is 12.3 Å². The fourth-order valence-electron chi connectivity index (χ4n) is 2.30. The number of rotatable bonds is 3. The number of halogens is 1. The molecule has 4 nitrogen and oxygen atoms in total. The van der Waals surface area contributed by atoms with E-state index in [4.69, 9.17) is 11.6 Å². The van der Waals surface area contributed by atoms with Gasteiger partial charge in [-0.2, -0.15) is 0 Å². The molecule has 0 radical (unpaired) electrons. The number of Topliss-reactive ketones (excluding diaryl/α,β-unsaturated/α-hetero) is 1. The first kappa shape index (κ1) is 13.5. The van der Waals surface area contributed by atoms with Gasteiger partial charge in [-0.3, -0.25) is 19.3 Å². The van der Waals surface area contributed by atoms with E-state index in [1.54, 1.807) is 48.5 Å². The van der Waals surface area contributed by atoms with Gasteiger partial charge in [0, 0.05) is 5.56 Å². The van der Waals surface area contributed by atoms with Crippen molar-refractivity contribution in [2.24, 2.45) is 0 Å². The van der Waals surface area contributed by atoms with Crippen LogP contribution in [-0.2, 0) is 0 Å². The van der Waals surface area contributed by atoms with Crippen LogP contribution in [0.4, 0.5) is 0 Å². The molecule has 0 aromatic heterocycles. The van der Waals surface area contributed by atoms with Gasteiger partial charge in [0.1, 0.15) is 0 Å². The van der Waals surface area contributed by atoms with E-state index in [0.717, 1.165) is 4.90 Å². The Morgan fingerprint density at radius 3 is 2.00 bits per heavy atom. The topological polar surface area (TPSA) is 54.5 Å². The van der Waals surface area contributed by atoms with Gasteiger partial charge in [0.05, 0.1) is 22.7 Å². The molecule has 3 rings (SSSR count). The van der Waals surface area contributed by atoms with Gasteiger partial charge >= 0.3 is 0 Å². The number of fused-ring (bicyclic) bond motifs is 1. The number of ketones is 1. The molecule has 0 spiro atoms. The predicted octanol–water partition coefficient (Wildman–Crippen LogP) is 2.82. The maximum Gasteiger partial charge on any atom is 0.261 e. The van der Waals surface area contributed by atoms with Crippen molar-refractivity contribution in [1.82, 2.24) is 4.90 Å². The summed E-state index contributed by atoms with van der Waals surface area (Å²) in [6, 6.07) is 13.1. The molecule has 0 N–H and O–H groups in total. The number of carbonyl (C=O) groups is 3. The van der Waals surface area contributed by atoms with Crippen molar-refractivity contribution in [2.75, 3.05) is 6.54 Å². The van der Waals surface area contributed by atoms with Crippen LogP contribution in [0, 0.1) is 0 Å². The van der Waals surface area contributed by atoms with Crippen molar-refractivity contribution in [3.05, 3.63) is 70.2 Å². The third kappa shape index (κ3) is 2.23. The van der Waals surface area contributed by atoms with E-state index < -0.39 is 11.8 Å². The molecule has 1 aliphatic heterocycles. The molecule has 2 aromatic rings. The maximum atomic E-state index is 12.2. The standard InChI is InChI=1S/C16H10ClNO3/c17-13-8-4-3-7-12(13)14(19)9-18-15(20)10-5-1-2-6-11(10)16(18)21/h1-8H,9H2. The highest BCUT2D eigenvalue weighted by Gasteiger charge is 2.36. The Kier molecular flexibility index (Phi) is 3.31. The number of hydrogen-bond acceptors (Lipinski definition) is 3. The average molecular weight is 300 g/mol. The van der Waals surface area contributed by atoms with Gasteiger partial charge in [0.15, 0.2) is 5.78 Å². The SMILES string of the molecule is O=C(CN1C(=O)c2ccccc2C1=O)c1ccccc1Cl. The van der Waals surface area contributed by atoms with E-state index in [2.05, 4.69) is 0 Å². The minimum absolute atomic E-state index is 0.302. The number of nitrogens with zero attached hydrogens (tertiary/aromatic N) is 1. The van der Waals surface area contributed by atoms with Gasteiger partial charge in [-0.15, -0.1) is 0 Å². The average Bonchev–Trinajstić information content (AvgIpc) is 2.73. The van der Waals surface area contributed by atoms with Gasteiger partial charge in [0.2, 0.25) is 0 Å². The number of benzene rings is 2. The predicted molar refractivity (Wildman–Crippen MR) is 77.6 cm³/mol. The van der Waals surface area contributed by atoms with Gasteiger partial charge in [0.25, 0.3) is 11.8 Å². The summed E-state index contributed by atoms with van der Waals surface area (Å²) in [6.07, 6.45) is 0. The molecule has 0 saturated heterocycles. The lowest BCUT2D eigenvalue weighted by atomic mass is 10.1. The Hall–Kier alpha value is -2.46. The number of carbonyl (C=O) groups excluding carboxylic acids is 3. The zero-order valence-electron chi connectivity index (χ0n) is 10.9. The summed E-state index contributed by atoms with van der Waals surface area (Å²) in [5.41, 5.74) is 0.958. The first-order valence-electron chi connectivity index (χ1n) is 6.32. The Morgan fingerprint density at radius 2 is 1.43 bits per heavy atom. The highest BCUT2D eigenvalue weighted by molar-refractivity contribution is 6.34. The van der Waals surface area contributed by atoms with Crippen LogP contribution in [0.2, 0.25) is 5.02 Å². The first-order chi connectivity index (χ1) is 10.1. The first-order valence-corrected chi connectivity index (χ1v) is 6.70. The van der Waals surface area contributed by atoms with Crippen LogP contribution in [-0.4, -0.2) is 29.0 Å². The van der Waals surface area contributed by atoms with E-state index in [1.807, 2.05) is 0 Å². The normalized spacial score (nSPS) is 13.5. The summed E-state index contributed by atoms with van der Waals surface area (Å²) < 4.78 is 0. The van der Waals surface area contributed by atoms with Crippen molar-refractivity contribution in [3.8, 4) is 0 Å². The van der Waals surface area contributed by atoms with Crippen LogP contribution >= 0.6 is 11.6 Å². The largest absolute Gasteiger partial charge is 0.292 e. The Labute approximate surface area is 125 Å². The molecule has 5 heteroatoms. The fraction of sp³-hybridized carbons (Fsp3) is 0.0625. The summed E-state index contributed by atoms with van der Waals surface area (Å²) in [5, 5.41) is 0.305. The number of hydrogen-bond donors (Lipinski definition) is 0. The van der Waals surface area contributed by atoms with E-state index in [1.165, 1.54) is 0 Å². The zero-order valence-corrected chi connectivity index (χ0v) is 11.6. The molecule has 2 amide bonds. The molecule has 0 saturated carbocycles. The zero-order chi connectivity index (χ0) is 15.0. The Balaban J connectivity index is 1.88. The molecule has 0 atom stereocenters. The second-order valence-electron chi connectivity index (χ2n) is 4.65. The van der Waals surface area contributed by atoms with Crippen LogP contribution in [0.25, 0.3) is 0 Å².